The second-order valence-corrected chi connectivity index (χ2v) is 4.80. The van der Waals surface area contributed by atoms with Gasteiger partial charge < -0.3 is 32.2 Å². The molecule has 0 spiro atoms. The zero-order valence-corrected chi connectivity index (χ0v) is 15.8. The second-order valence-electron chi connectivity index (χ2n) is 4.80. The fourth-order valence-corrected chi connectivity index (χ4v) is 0.866. The van der Waals surface area contributed by atoms with Crippen molar-refractivity contribution in [2.24, 2.45) is 5.41 Å². The number of carbonyl (C=O) groups excluding carboxylic acids is 2. The summed E-state index contributed by atoms with van der Waals surface area (Å²) in [5.74, 6) is -0.197. The molecule has 7 heteroatoms. The Morgan fingerprint density at radius 3 is 2.05 bits per heavy atom. The van der Waals surface area contributed by atoms with Crippen LogP contribution >= 0.6 is 0 Å². The molecular weight excluding hydrogens is 337 g/mol. The molecule has 0 saturated carbocycles. The molecule has 0 fully saturated rings. The molecule has 0 saturated heterocycles. The van der Waals surface area contributed by atoms with Gasteiger partial charge in [-0.05, 0) is 6.92 Å². The summed E-state index contributed by atoms with van der Waals surface area (Å²) >= 11 is 0. The monoisotopic (exact) mass is 364 g/mol. The van der Waals surface area contributed by atoms with Crippen molar-refractivity contribution in [1.29, 1.82) is 0 Å². The molecule has 0 atom stereocenters. The van der Waals surface area contributed by atoms with Gasteiger partial charge in [0.1, 0.15) is 0 Å². The van der Waals surface area contributed by atoms with E-state index in [-0.39, 0.29) is 56.5 Å². The van der Waals surface area contributed by atoms with Crippen LogP contribution in [0.4, 0.5) is 0 Å². The summed E-state index contributed by atoms with van der Waals surface area (Å²) in [6.07, 6.45) is 0. The molecule has 0 aromatic heterocycles. The molecule has 0 rings (SSSR count). The van der Waals surface area contributed by atoms with Crippen LogP contribution in [-0.2, 0) is 47.0 Å². The summed E-state index contributed by atoms with van der Waals surface area (Å²) in [6.45, 7) is 12.5. The van der Waals surface area contributed by atoms with Gasteiger partial charge in [0.2, 0.25) is 5.91 Å². The number of ether oxygens (including phenoxy) is 1. The average Bonchev–Trinajstić information content (AvgIpc) is 2.28. The first kappa shape index (κ1) is 24.8. The van der Waals surface area contributed by atoms with Crippen LogP contribution in [0.5, 0.6) is 0 Å². The Bertz CT molecular complexity index is 255. The summed E-state index contributed by atoms with van der Waals surface area (Å²) < 4.78 is 4.98. The number of rotatable bonds is 6. The standard InChI is InChI=1S/C9H19NO3.C4H8NO.Y/c1-9(2,3)8(12)10-4-6-13-7-5-11;1-3-5-4(2)6;/h11H,4-7H2,1-3H3,(H,10,12);2-3H2,1H3,(H,5,6);/q;-1;. The predicted molar refractivity (Wildman–Crippen MR) is 74.4 cm³/mol. The van der Waals surface area contributed by atoms with Crippen LogP contribution in [0.15, 0.2) is 0 Å². The molecule has 0 aliphatic heterocycles. The van der Waals surface area contributed by atoms with Crippen molar-refractivity contribution in [2.45, 2.75) is 27.7 Å². The molecule has 117 valence electrons. The molecule has 0 bridgehead atoms. The molecule has 1 radical (unpaired) electrons. The van der Waals surface area contributed by atoms with Crippen LogP contribution in [-0.4, -0.2) is 49.8 Å². The van der Waals surface area contributed by atoms with E-state index in [0.29, 0.717) is 26.3 Å². The van der Waals surface area contributed by atoms with E-state index >= 15 is 0 Å². The van der Waals surface area contributed by atoms with Gasteiger partial charge in [0.05, 0.1) is 25.7 Å². The van der Waals surface area contributed by atoms with Crippen molar-refractivity contribution in [3.63, 3.8) is 0 Å². The van der Waals surface area contributed by atoms with E-state index in [0.717, 1.165) is 0 Å². The average molecular weight is 364 g/mol. The fraction of sp³-hybridized carbons (Fsp3) is 0.769. The third kappa shape index (κ3) is 20.2. The molecule has 2 amide bonds. The Hall–Kier alpha value is -0.166. The van der Waals surface area contributed by atoms with Crippen LogP contribution in [0.1, 0.15) is 27.7 Å². The van der Waals surface area contributed by atoms with E-state index < -0.39 is 0 Å². The second kappa shape index (κ2) is 15.2. The maximum atomic E-state index is 11.3. The zero-order chi connectivity index (χ0) is 15.3. The number of hydrogen-bond donors (Lipinski definition) is 3. The zero-order valence-electron chi connectivity index (χ0n) is 13.0. The molecule has 6 nitrogen and oxygen atoms in total. The number of aliphatic hydroxyl groups excluding tert-OH is 1. The van der Waals surface area contributed by atoms with Crippen LogP contribution in [0.3, 0.4) is 0 Å². The number of amides is 2. The van der Waals surface area contributed by atoms with E-state index in [1.54, 1.807) is 0 Å². The maximum absolute atomic E-state index is 11.3. The number of hydrogen-bond acceptors (Lipinski definition) is 4. The van der Waals surface area contributed by atoms with Crippen LogP contribution in [0, 0.1) is 12.3 Å². The minimum atomic E-state index is -0.350. The molecular formula is C13H27N2O4Y-. The van der Waals surface area contributed by atoms with Gasteiger partial charge in [-0.1, -0.05) is 20.8 Å². The smallest absolute Gasteiger partial charge is 0.225 e. The third-order valence-corrected chi connectivity index (χ3v) is 1.82. The van der Waals surface area contributed by atoms with Crippen molar-refractivity contribution in [2.75, 3.05) is 32.9 Å². The van der Waals surface area contributed by atoms with Crippen LogP contribution in [0.2, 0.25) is 0 Å². The van der Waals surface area contributed by atoms with Gasteiger partial charge >= 0.3 is 0 Å². The molecule has 0 aromatic carbocycles. The number of nitrogens with one attached hydrogen (secondary N) is 2. The first-order chi connectivity index (χ1) is 8.75. The van der Waals surface area contributed by atoms with E-state index in [1.807, 2.05) is 27.7 Å². The summed E-state index contributed by atoms with van der Waals surface area (Å²) in [5, 5.41) is 13.6. The minimum absolute atomic E-state index is 0. The molecule has 0 heterocycles. The molecule has 0 aliphatic rings. The Labute approximate surface area is 147 Å². The first-order valence-electron chi connectivity index (χ1n) is 6.32. The minimum Gasteiger partial charge on any atom is -0.394 e. The Kier molecular flexibility index (Phi) is 18.9. The molecule has 3 N–H and O–H groups in total. The van der Waals surface area contributed by atoms with Gasteiger partial charge in [0.15, 0.2) is 0 Å². The summed E-state index contributed by atoms with van der Waals surface area (Å²) in [5.41, 5.74) is -0.350. The van der Waals surface area contributed by atoms with Gasteiger partial charge in [0.25, 0.3) is 0 Å². The molecule has 0 aliphatic carbocycles. The van der Waals surface area contributed by atoms with E-state index in [9.17, 15) is 9.59 Å². The summed E-state index contributed by atoms with van der Waals surface area (Å²) in [7, 11) is 0. The summed E-state index contributed by atoms with van der Waals surface area (Å²) in [4.78, 5) is 21.1. The maximum Gasteiger partial charge on any atom is 0.225 e. The largest absolute Gasteiger partial charge is 0.394 e. The van der Waals surface area contributed by atoms with Gasteiger partial charge in [-0.2, -0.15) is 0 Å². The van der Waals surface area contributed by atoms with E-state index in [2.05, 4.69) is 17.6 Å². The quantitative estimate of drug-likeness (QED) is 0.461. The Balaban J connectivity index is -0.000000352. The number of carbonyl (C=O) groups is 2. The predicted octanol–water partition coefficient (Wildman–Crippen LogP) is 0.112. The first-order valence-corrected chi connectivity index (χ1v) is 6.32. The Morgan fingerprint density at radius 2 is 1.75 bits per heavy atom. The van der Waals surface area contributed by atoms with E-state index in [4.69, 9.17) is 9.84 Å². The topological polar surface area (TPSA) is 87.7 Å². The van der Waals surface area contributed by atoms with Crippen LogP contribution in [0.25, 0.3) is 0 Å². The van der Waals surface area contributed by atoms with Crippen LogP contribution < -0.4 is 10.6 Å². The molecule has 20 heavy (non-hydrogen) atoms. The van der Waals surface area contributed by atoms with Crippen molar-refractivity contribution >= 4 is 11.8 Å². The van der Waals surface area contributed by atoms with E-state index in [1.165, 1.54) is 0 Å². The Morgan fingerprint density at radius 1 is 1.20 bits per heavy atom. The van der Waals surface area contributed by atoms with Crippen molar-refractivity contribution in [3.05, 3.63) is 6.92 Å². The van der Waals surface area contributed by atoms with Gasteiger partial charge in [0, 0.05) is 51.2 Å². The van der Waals surface area contributed by atoms with Crippen molar-refractivity contribution in [1.82, 2.24) is 10.6 Å². The van der Waals surface area contributed by atoms with Gasteiger partial charge in [-0.3, -0.25) is 4.79 Å². The molecule has 0 unspecified atom stereocenters. The number of aliphatic hydroxyl groups is 1. The van der Waals surface area contributed by atoms with Crippen molar-refractivity contribution in [3.8, 4) is 0 Å². The third-order valence-electron chi connectivity index (χ3n) is 1.82. The SMILES string of the molecule is CC(C)(C)C(=O)NCCOCCO.[CH2-]C(=O)NCC.[Y]. The summed E-state index contributed by atoms with van der Waals surface area (Å²) in [6, 6.07) is 0. The van der Waals surface area contributed by atoms with Gasteiger partial charge in [-0.15, -0.1) is 0 Å². The normalized spacial score (nSPS) is 9.65. The van der Waals surface area contributed by atoms with Gasteiger partial charge in [-0.25, -0.2) is 0 Å². The molecule has 0 aromatic rings. The fourth-order valence-electron chi connectivity index (χ4n) is 0.866. The van der Waals surface area contributed by atoms with Crippen molar-refractivity contribution < 1.29 is 52.1 Å².